The number of alkyl halides is 6. The van der Waals surface area contributed by atoms with Crippen LogP contribution in [0.1, 0.15) is 51.9 Å². The number of hydrogen-bond donors (Lipinski definition) is 2. The number of nitrogens with one attached hydrogen (secondary N) is 1. The number of anilines is 1. The molecule has 2 heterocycles. The molecule has 0 amide bonds. The van der Waals surface area contributed by atoms with Gasteiger partial charge in [-0.3, -0.25) is 9.93 Å². The molecule has 38 heavy (non-hydrogen) atoms. The maximum atomic E-state index is 13.2. The number of nitrogens with zero attached hydrogens (tertiary/aromatic N) is 3. The van der Waals surface area contributed by atoms with Gasteiger partial charge in [0.15, 0.2) is 5.78 Å². The Morgan fingerprint density at radius 3 is 2.50 bits per heavy atom. The number of hydrogen-bond acceptors (Lipinski definition) is 7. The fourth-order valence-electron chi connectivity index (χ4n) is 4.45. The van der Waals surface area contributed by atoms with Crippen molar-refractivity contribution in [1.82, 2.24) is 14.5 Å². The Balaban J connectivity index is 1.51. The predicted octanol–water partition coefficient (Wildman–Crippen LogP) is 5.71. The first-order valence-electron chi connectivity index (χ1n) is 11.5. The Hall–Kier alpha value is -3.10. The zero-order valence-electron chi connectivity index (χ0n) is 19.7. The van der Waals surface area contributed by atoms with Crippen LogP contribution >= 0.6 is 12.2 Å². The van der Waals surface area contributed by atoms with Crippen LogP contribution in [0.4, 0.5) is 32.2 Å². The highest BCUT2D eigenvalue weighted by Crippen LogP contribution is 2.36. The van der Waals surface area contributed by atoms with Crippen molar-refractivity contribution >= 4 is 23.8 Å². The SMILES string of the molecule is NSOCC1CCC(Nc2ncncc2C(=O)c2ccn(Cc3cc(C(F)(F)F)cc(C(F)(F)F)c3)c2)C1. The van der Waals surface area contributed by atoms with E-state index in [1.807, 2.05) is 0 Å². The summed E-state index contributed by atoms with van der Waals surface area (Å²) < 4.78 is 85.6. The first kappa shape index (κ1) is 27.9. The molecular weight excluding hydrogens is 536 g/mol. The Labute approximate surface area is 218 Å². The molecule has 0 aliphatic heterocycles. The lowest BCUT2D eigenvalue weighted by molar-refractivity contribution is -0.143. The molecule has 204 valence electrons. The number of halogens is 6. The molecule has 1 aliphatic rings. The van der Waals surface area contributed by atoms with E-state index in [1.54, 1.807) is 0 Å². The molecule has 0 saturated heterocycles. The molecule has 2 unspecified atom stereocenters. The van der Waals surface area contributed by atoms with Gasteiger partial charge in [0.25, 0.3) is 0 Å². The van der Waals surface area contributed by atoms with E-state index < -0.39 is 29.3 Å². The molecule has 14 heteroatoms. The van der Waals surface area contributed by atoms with E-state index in [4.69, 9.17) is 9.32 Å². The summed E-state index contributed by atoms with van der Waals surface area (Å²) in [6.45, 7) is 0.210. The molecule has 0 radical (unpaired) electrons. The van der Waals surface area contributed by atoms with Crippen molar-refractivity contribution < 1.29 is 35.3 Å². The maximum Gasteiger partial charge on any atom is 0.416 e. The minimum Gasteiger partial charge on any atom is -0.367 e. The molecule has 0 spiro atoms. The number of ketones is 1. The molecule has 7 nitrogen and oxygen atoms in total. The Morgan fingerprint density at radius 1 is 1.13 bits per heavy atom. The average molecular weight is 560 g/mol. The third-order valence-electron chi connectivity index (χ3n) is 6.24. The molecule has 3 aromatic rings. The minimum absolute atomic E-state index is 0.0566. The number of rotatable bonds is 9. The molecular formula is C24H23F6N5O2S. The standard InChI is InChI=1S/C24H23F6N5O2S/c25-23(26,27)17-5-15(6-18(8-17)24(28,29)30)10-35-4-3-16(11-35)21(36)20-9-32-13-33-22(20)34-19-2-1-14(7-19)12-37-38-31/h3-6,8-9,11,13-14,19H,1-2,7,10,12,31H2,(H,32,33,34). The Bertz CT molecular complexity index is 1250. The quantitative estimate of drug-likeness (QED) is 0.150. The third-order valence-corrected chi connectivity index (χ3v) is 6.51. The van der Waals surface area contributed by atoms with Crippen LogP contribution in [-0.2, 0) is 23.1 Å². The molecule has 2 aromatic heterocycles. The molecule has 1 saturated carbocycles. The van der Waals surface area contributed by atoms with Crippen LogP contribution in [0.25, 0.3) is 0 Å². The molecule has 1 aliphatic carbocycles. The van der Waals surface area contributed by atoms with Crippen molar-refractivity contribution in [1.29, 1.82) is 0 Å². The summed E-state index contributed by atoms with van der Waals surface area (Å²) in [7, 11) is 0. The summed E-state index contributed by atoms with van der Waals surface area (Å²) in [6.07, 6.45) is -1.90. The minimum atomic E-state index is -4.94. The number of aromatic nitrogens is 3. The van der Waals surface area contributed by atoms with E-state index in [9.17, 15) is 31.1 Å². The van der Waals surface area contributed by atoms with E-state index in [2.05, 4.69) is 15.3 Å². The second-order valence-electron chi connectivity index (χ2n) is 9.00. The van der Waals surface area contributed by atoms with Crippen LogP contribution in [-0.4, -0.2) is 33.0 Å². The molecule has 2 atom stereocenters. The zero-order valence-corrected chi connectivity index (χ0v) is 20.5. The lowest BCUT2D eigenvalue weighted by Crippen LogP contribution is -2.20. The van der Waals surface area contributed by atoms with Gasteiger partial charge in [-0.1, -0.05) is 0 Å². The molecule has 1 aromatic carbocycles. The van der Waals surface area contributed by atoms with Crippen LogP contribution in [0.2, 0.25) is 0 Å². The van der Waals surface area contributed by atoms with E-state index in [0.717, 1.165) is 31.5 Å². The van der Waals surface area contributed by atoms with E-state index >= 15 is 0 Å². The first-order valence-corrected chi connectivity index (χ1v) is 12.3. The van der Waals surface area contributed by atoms with E-state index in [0.29, 0.717) is 30.5 Å². The van der Waals surface area contributed by atoms with Gasteiger partial charge in [0.2, 0.25) is 0 Å². The van der Waals surface area contributed by atoms with Gasteiger partial charge in [-0.15, -0.1) is 0 Å². The summed E-state index contributed by atoms with van der Waals surface area (Å²) in [5.41, 5.74) is -2.62. The topological polar surface area (TPSA) is 95.1 Å². The number of nitrogens with two attached hydrogens (primary N) is 1. The average Bonchev–Trinajstić information content (AvgIpc) is 3.51. The van der Waals surface area contributed by atoms with Crippen molar-refractivity contribution in [2.75, 3.05) is 11.9 Å². The van der Waals surface area contributed by atoms with Crippen molar-refractivity contribution in [3.05, 3.63) is 77.0 Å². The molecule has 0 bridgehead atoms. The lowest BCUT2D eigenvalue weighted by atomic mass is 10.0. The second kappa shape index (κ2) is 11.3. The monoisotopic (exact) mass is 559 g/mol. The van der Waals surface area contributed by atoms with Gasteiger partial charge >= 0.3 is 12.4 Å². The third kappa shape index (κ3) is 6.85. The van der Waals surface area contributed by atoms with Crippen LogP contribution in [0.15, 0.2) is 49.2 Å². The summed E-state index contributed by atoms with van der Waals surface area (Å²) in [6, 6.07) is 2.90. The van der Waals surface area contributed by atoms with Gasteiger partial charge < -0.3 is 14.1 Å². The van der Waals surface area contributed by atoms with E-state index in [1.165, 1.54) is 35.6 Å². The van der Waals surface area contributed by atoms with Gasteiger partial charge in [-0.05, 0) is 55.0 Å². The summed E-state index contributed by atoms with van der Waals surface area (Å²) in [5.74, 6) is 0.210. The summed E-state index contributed by atoms with van der Waals surface area (Å²) in [4.78, 5) is 21.3. The Morgan fingerprint density at radius 2 is 1.84 bits per heavy atom. The highest BCUT2D eigenvalue weighted by molar-refractivity contribution is 7.92. The smallest absolute Gasteiger partial charge is 0.367 e. The normalized spacial score (nSPS) is 18.1. The van der Waals surface area contributed by atoms with E-state index in [-0.39, 0.29) is 35.3 Å². The largest absolute Gasteiger partial charge is 0.416 e. The van der Waals surface area contributed by atoms with Gasteiger partial charge in [0, 0.05) is 36.7 Å². The zero-order chi connectivity index (χ0) is 27.5. The summed E-state index contributed by atoms with van der Waals surface area (Å²) >= 11 is 0.816. The van der Waals surface area contributed by atoms with Gasteiger partial charge in [-0.2, -0.15) is 26.3 Å². The van der Waals surface area contributed by atoms with Crippen LogP contribution in [0.5, 0.6) is 0 Å². The van der Waals surface area contributed by atoms with Gasteiger partial charge in [0.05, 0.1) is 35.5 Å². The predicted molar refractivity (Wildman–Crippen MR) is 128 cm³/mol. The Kier molecular flexibility index (Phi) is 8.33. The summed E-state index contributed by atoms with van der Waals surface area (Å²) in [5, 5.41) is 8.57. The number of benzene rings is 1. The van der Waals surface area contributed by atoms with Crippen molar-refractivity contribution in [3.8, 4) is 0 Å². The first-order chi connectivity index (χ1) is 17.9. The van der Waals surface area contributed by atoms with Gasteiger partial charge in [0.1, 0.15) is 12.1 Å². The van der Waals surface area contributed by atoms with Gasteiger partial charge in [-0.25, -0.2) is 9.97 Å². The fourth-order valence-corrected chi connectivity index (χ4v) is 4.72. The molecule has 1 fully saturated rings. The lowest BCUT2D eigenvalue weighted by Gasteiger charge is -2.16. The highest BCUT2D eigenvalue weighted by atomic mass is 32.2. The number of carbonyl (C=O) groups excluding carboxylic acids is 1. The second-order valence-corrected chi connectivity index (χ2v) is 9.43. The molecule has 4 rings (SSSR count). The van der Waals surface area contributed by atoms with Crippen LogP contribution in [0.3, 0.4) is 0 Å². The number of carbonyl (C=O) groups is 1. The molecule has 3 N–H and O–H groups in total. The van der Waals surface area contributed by atoms with Crippen LogP contribution in [0, 0.1) is 5.92 Å². The van der Waals surface area contributed by atoms with Crippen molar-refractivity contribution in [2.45, 2.75) is 44.2 Å². The van der Waals surface area contributed by atoms with Crippen molar-refractivity contribution in [2.24, 2.45) is 11.1 Å². The highest BCUT2D eigenvalue weighted by Gasteiger charge is 2.37. The maximum absolute atomic E-state index is 13.2. The van der Waals surface area contributed by atoms with Crippen molar-refractivity contribution in [3.63, 3.8) is 0 Å². The fraction of sp³-hybridized carbons (Fsp3) is 0.375. The van der Waals surface area contributed by atoms with Crippen LogP contribution < -0.4 is 10.5 Å².